The highest BCUT2D eigenvalue weighted by Gasteiger charge is 2.31. The number of hydrogen-bond donors (Lipinski definition) is 1. The van der Waals surface area contributed by atoms with Crippen molar-refractivity contribution in [3.8, 4) is 0 Å². The fraction of sp³-hybridized carbons (Fsp3) is 0.462. The van der Waals surface area contributed by atoms with Crippen LogP contribution in [-0.4, -0.2) is 50.0 Å². The Balaban J connectivity index is 1.86. The summed E-state index contributed by atoms with van der Waals surface area (Å²) in [6.45, 7) is 3.44. The van der Waals surface area contributed by atoms with Gasteiger partial charge in [-0.05, 0) is 61.6 Å². The molecule has 0 bridgehead atoms. The molecular weight excluding hydrogens is 486 g/mol. The summed E-state index contributed by atoms with van der Waals surface area (Å²) in [5.74, 6) is -0.698. The largest absolute Gasteiger partial charge is 0.352 e. The third kappa shape index (κ3) is 7.45. The molecule has 2 amide bonds. The highest BCUT2D eigenvalue weighted by Crippen LogP contribution is 2.21. The van der Waals surface area contributed by atoms with Crippen LogP contribution in [0.1, 0.15) is 50.7 Å². The first kappa shape index (κ1) is 27.0. The van der Waals surface area contributed by atoms with Gasteiger partial charge in [-0.25, -0.2) is 8.42 Å². The number of sulfonamides is 1. The van der Waals surface area contributed by atoms with Crippen LogP contribution in [0.3, 0.4) is 0 Å². The van der Waals surface area contributed by atoms with Crippen molar-refractivity contribution >= 4 is 39.1 Å². The molecule has 0 aromatic heterocycles. The summed E-state index contributed by atoms with van der Waals surface area (Å²) in [6, 6.07) is 13.5. The summed E-state index contributed by atoms with van der Waals surface area (Å²) < 4.78 is 26.4. The standard InChI is InChI=1S/C26H34ClN3O4S/c1-4-20-11-15-24(16-12-20)30(35(3,33)34)18-25(31)29(17-21-9-13-22(27)14-10-21)19(2)26(32)28-23-7-5-6-8-23/h9-16,19,23H,4-8,17-18H2,1-3H3,(H,28,32)/t19-/m1/s1. The molecule has 0 spiro atoms. The van der Waals surface area contributed by atoms with Gasteiger partial charge in [0, 0.05) is 17.6 Å². The molecule has 35 heavy (non-hydrogen) atoms. The number of nitrogens with one attached hydrogen (secondary N) is 1. The Hall–Kier alpha value is -2.58. The molecule has 1 aliphatic carbocycles. The summed E-state index contributed by atoms with van der Waals surface area (Å²) in [6.07, 6.45) is 5.91. The number of rotatable bonds is 10. The molecule has 0 heterocycles. The van der Waals surface area contributed by atoms with E-state index in [2.05, 4.69) is 5.32 Å². The number of carbonyl (C=O) groups excluding carboxylic acids is 2. The van der Waals surface area contributed by atoms with E-state index in [-0.39, 0.29) is 18.5 Å². The van der Waals surface area contributed by atoms with Gasteiger partial charge in [0.25, 0.3) is 0 Å². The third-order valence-corrected chi connectivity index (χ3v) is 7.84. The summed E-state index contributed by atoms with van der Waals surface area (Å²) >= 11 is 6.01. The second-order valence-electron chi connectivity index (χ2n) is 9.10. The van der Waals surface area contributed by atoms with E-state index in [0.717, 1.165) is 53.8 Å². The van der Waals surface area contributed by atoms with Crippen LogP contribution in [0, 0.1) is 0 Å². The van der Waals surface area contributed by atoms with Gasteiger partial charge in [-0.3, -0.25) is 13.9 Å². The van der Waals surface area contributed by atoms with Gasteiger partial charge in [0.15, 0.2) is 0 Å². The lowest BCUT2D eigenvalue weighted by atomic mass is 10.1. The molecule has 1 aliphatic rings. The summed E-state index contributed by atoms with van der Waals surface area (Å²) in [4.78, 5) is 28.1. The van der Waals surface area contributed by atoms with Crippen molar-refractivity contribution in [2.45, 2.75) is 64.6 Å². The second-order valence-corrected chi connectivity index (χ2v) is 11.4. The molecule has 0 aliphatic heterocycles. The van der Waals surface area contributed by atoms with E-state index in [0.29, 0.717) is 10.7 Å². The minimum atomic E-state index is -3.74. The van der Waals surface area contributed by atoms with Crippen molar-refractivity contribution in [1.29, 1.82) is 0 Å². The molecule has 9 heteroatoms. The number of nitrogens with zero attached hydrogens (tertiary/aromatic N) is 2. The Bertz CT molecular complexity index is 1110. The van der Waals surface area contributed by atoms with E-state index in [9.17, 15) is 18.0 Å². The number of benzene rings is 2. The van der Waals surface area contributed by atoms with Crippen LogP contribution in [-0.2, 0) is 32.6 Å². The van der Waals surface area contributed by atoms with Crippen LogP contribution in [0.25, 0.3) is 0 Å². The summed E-state index contributed by atoms with van der Waals surface area (Å²) in [7, 11) is -3.74. The zero-order chi connectivity index (χ0) is 25.6. The monoisotopic (exact) mass is 519 g/mol. The van der Waals surface area contributed by atoms with Gasteiger partial charge in [0.1, 0.15) is 12.6 Å². The van der Waals surface area contributed by atoms with Crippen LogP contribution < -0.4 is 9.62 Å². The Morgan fingerprint density at radius 1 is 1.03 bits per heavy atom. The number of amides is 2. The molecule has 1 atom stereocenters. The first-order chi connectivity index (χ1) is 16.6. The van der Waals surface area contributed by atoms with Crippen molar-refractivity contribution in [3.63, 3.8) is 0 Å². The zero-order valence-corrected chi connectivity index (χ0v) is 22.1. The second kappa shape index (κ2) is 11.9. The first-order valence-electron chi connectivity index (χ1n) is 12.0. The van der Waals surface area contributed by atoms with E-state index >= 15 is 0 Å². The van der Waals surface area contributed by atoms with E-state index in [1.807, 2.05) is 19.1 Å². The van der Waals surface area contributed by atoms with Crippen molar-refractivity contribution in [2.24, 2.45) is 0 Å². The van der Waals surface area contributed by atoms with E-state index in [1.165, 1.54) is 4.90 Å². The quantitative estimate of drug-likeness (QED) is 0.511. The molecule has 0 saturated heterocycles. The van der Waals surface area contributed by atoms with Gasteiger partial charge in [0.05, 0.1) is 11.9 Å². The lowest BCUT2D eigenvalue weighted by Crippen LogP contribution is -2.52. The van der Waals surface area contributed by atoms with E-state index < -0.39 is 28.5 Å². The van der Waals surface area contributed by atoms with Gasteiger partial charge in [-0.2, -0.15) is 0 Å². The van der Waals surface area contributed by atoms with Crippen LogP contribution in [0.4, 0.5) is 5.69 Å². The van der Waals surface area contributed by atoms with Gasteiger partial charge in [-0.15, -0.1) is 0 Å². The smallest absolute Gasteiger partial charge is 0.244 e. The van der Waals surface area contributed by atoms with Gasteiger partial charge in [0.2, 0.25) is 21.8 Å². The topological polar surface area (TPSA) is 86.8 Å². The van der Waals surface area contributed by atoms with Crippen molar-refractivity contribution in [1.82, 2.24) is 10.2 Å². The SMILES string of the molecule is CCc1ccc(N(CC(=O)N(Cc2ccc(Cl)cc2)[C@H](C)C(=O)NC2CCCC2)S(C)(=O)=O)cc1. The lowest BCUT2D eigenvalue weighted by Gasteiger charge is -2.32. The number of anilines is 1. The minimum Gasteiger partial charge on any atom is -0.352 e. The summed E-state index contributed by atoms with van der Waals surface area (Å²) in [5, 5.41) is 3.62. The van der Waals surface area contributed by atoms with E-state index in [4.69, 9.17) is 11.6 Å². The predicted octanol–water partition coefficient (Wildman–Crippen LogP) is 4.14. The molecular formula is C26H34ClN3O4S. The maximum Gasteiger partial charge on any atom is 0.244 e. The molecule has 7 nitrogen and oxygen atoms in total. The maximum absolute atomic E-state index is 13.6. The molecule has 1 fully saturated rings. The molecule has 190 valence electrons. The van der Waals surface area contributed by atoms with Gasteiger partial charge < -0.3 is 10.2 Å². The zero-order valence-electron chi connectivity index (χ0n) is 20.5. The Morgan fingerprint density at radius 3 is 2.14 bits per heavy atom. The highest BCUT2D eigenvalue weighted by atomic mass is 35.5. The fourth-order valence-electron chi connectivity index (χ4n) is 4.27. The fourth-order valence-corrected chi connectivity index (χ4v) is 5.25. The number of carbonyl (C=O) groups is 2. The van der Waals surface area contributed by atoms with Gasteiger partial charge in [-0.1, -0.05) is 55.6 Å². The number of aryl methyl sites for hydroxylation is 1. The highest BCUT2D eigenvalue weighted by molar-refractivity contribution is 7.92. The molecule has 2 aromatic rings. The predicted molar refractivity (Wildman–Crippen MR) is 140 cm³/mol. The molecule has 0 radical (unpaired) electrons. The van der Waals surface area contributed by atoms with Crippen LogP contribution >= 0.6 is 11.6 Å². The summed E-state index contributed by atoms with van der Waals surface area (Å²) in [5.41, 5.74) is 2.27. The number of halogens is 1. The van der Waals surface area contributed by atoms with Crippen molar-refractivity contribution in [3.05, 3.63) is 64.7 Å². The normalized spacial score (nSPS) is 15.0. The Kier molecular flexibility index (Phi) is 9.19. The van der Waals surface area contributed by atoms with Crippen molar-refractivity contribution < 1.29 is 18.0 Å². The minimum absolute atomic E-state index is 0.113. The molecule has 0 unspecified atom stereocenters. The molecule has 3 rings (SSSR count). The average molecular weight is 520 g/mol. The van der Waals surface area contributed by atoms with Crippen LogP contribution in [0.5, 0.6) is 0 Å². The van der Waals surface area contributed by atoms with E-state index in [1.54, 1.807) is 43.3 Å². The lowest BCUT2D eigenvalue weighted by molar-refractivity contribution is -0.139. The maximum atomic E-state index is 13.6. The third-order valence-electron chi connectivity index (χ3n) is 6.45. The first-order valence-corrected chi connectivity index (χ1v) is 14.2. The Morgan fingerprint density at radius 2 is 1.60 bits per heavy atom. The average Bonchev–Trinajstić information content (AvgIpc) is 3.34. The molecule has 2 aromatic carbocycles. The molecule has 1 N–H and O–H groups in total. The van der Waals surface area contributed by atoms with Crippen LogP contribution in [0.15, 0.2) is 48.5 Å². The van der Waals surface area contributed by atoms with Gasteiger partial charge >= 0.3 is 0 Å². The number of hydrogen-bond acceptors (Lipinski definition) is 4. The molecule has 1 saturated carbocycles. The van der Waals surface area contributed by atoms with Crippen LogP contribution in [0.2, 0.25) is 5.02 Å². The Labute approximate surface area is 213 Å². The van der Waals surface area contributed by atoms with Crippen molar-refractivity contribution in [2.75, 3.05) is 17.1 Å².